The molecule has 0 aliphatic rings. The molecule has 0 saturated carbocycles. The maximum absolute atomic E-state index is 12.6. The number of rotatable bonds is 10. The molecule has 16 heteroatoms. The summed E-state index contributed by atoms with van der Waals surface area (Å²) in [5, 5.41) is 30.3. The highest BCUT2D eigenvalue weighted by Crippen LogP contribution is 2.27. The largest absolute Gasteiger partial charge is 0.333 e. The summed E-state index contributed by atoms with van der Waals surface area (Å²) >= 11 is 2.35. The third-order valence-electron chi connectivity index (χ3n) is 6.40. The molecule has 44 heavy (non-hydrogen) atoms. The molecule has 0 aliphatic heterocycles. The van der Waals surface area contributed by atoms with Gasteiger partial charge >= 0.3 is 0 Å². The van der Waals surface area contributed by atoms with E-state index in [9.17, 15) is 29.8 Å². The Morgan fingerprint density at radius 2 is 1.11 bits per heavy atom. The maximum Gasteiger partial charge on any atom is 0.271 e. The van der Waals surface area contributed by atoms with Gasteiger partial charge in [0.05, 0.1) is 43.4 Å². The van der Waals surface area contributed by atoms with Crippen LogP contribution >= 0.6 is 23.5 Å². The number of non-ortho nitro benzene ring substituents is 2. The van der Waals surface area contributed by atoms with Gasteiger partial charge in [-0.25, -0.2) is 9.97 Å². The lowest BCUT2D eigenvalue weighted by atomic mass is 10.1. The number of nitrogens with one attached hydrogen (secondary N) is 4. The number of imidazole rings is 2. The molecule has 0 radical (unpaired) electrons. The lowest BCUT2D eigenvalue weighted by Crippen LogP contribution is -2.14. The summed E-state index contributed by atoms with van der Waals surface area (Å²) in [6.45, 7) is 0. The Labute approximate surface area is 255 Å². The van der Waals surface area contributed by atoms with E-state index < -0.39 is 9.85 Å². The number of hydrogen-bond acceptors (Lipinski definition) is 10. The molecule has 0 unspecified atom stereocenters. The van der Waals surface area contributed by atoms with Crippen molar-refractivity contribution in [3.05, 3.63) is 93.0 Å². The van der Waals surface area contributed by atoms with Crippen molar-refractivity contribution in [3.63, 3.8) is 0 Å². The smallest absolute Gasteiger partial charge is 0.271 e. The molecule has 2 heterocycles. The minimum Gasteiger partial charge on any atom is -0.333 e. The zero-order valence-electron chi connectivity index (χ0n) is 22.4. The van der Waals surface area contributed by atoms with Crippen LogP contribution in [0, 0.1) is 20.2 Å². The minimum absolute atomic E-state index is 0.0485. The first kappa shape index (κ1) is 28.6. The van der Waals surface area contributed by atoms with Crippen LogP contribution in [0.3, 0.4) is 0 Å². The van der Waals surface area contributed by atoms with Crippen LogP contribution in [0.2, 0.25) is 0 Å². The van der Waals surface area contributed by atoms with Gasteiger partial charge in [-0.2, -0.15) is 0 Å². The molecule has 0 saturated heterocycles. The monoisotopic (exact) mass is 628 g/mol. The second-order valence-electron chi connectivity index (χ2n) is 9.45. The number of anilines is 2. The van der Waals surface area contributed by atoms with Crippen LogP contribution in [0.25, 0.3) is 32.8 Å². The third kappa shape index (κ3) is 6.45. The van der Waals surface area contributed by atoms with Crippen LogP contribution in [-0.2, 0) is 9.59 Å². The Balaban J connectivity index is 1.04. The van der Waals surface area contributed by atoms with Gasteiger partial charge in [-0.1, -0.05) is 35.7 Å². The zero-order valence-corrected chi connectivity index (χ0v) is 24.0. The molecule has 0 spiro atoms. The number of carbonyl (C=O) groups is 2. The first-order valence-corrected chi connectivity index (χ1v) is 14.8. The van der Waals surface area contributed by atoms with Gasteiger partial charge in [0.2, 0.25) is 11.8 Å². The lowest BCUT2D eigenvalue weighted by molar-refractivity contribution is -0.384. The molecular weight excluding hydrogens is 608 g/mol. The molecule has 4 N–H and O–H groups in total. The Morgan fingerprint density at radius 1 is 0.659 bits per heavy atom. The fourth-order valence-corrected chi connectivity index (χ4v) is 5.75. The van der Waals surface area contributed by atoms with Gasteiger partial charge in [0.15, 0.2) is 10.3 Å². The lowest BCUT2D eigenvalue weighted by Gasteiger charge is -2.09. The highest BCUT2D eigenvalue weighted by atomic mass is 32.2. The molecule has 0 bridgehead atoms. The van der Waals surface area contributed by atoms with Gasteiger partial charge in [-0.3, -0.25) is 29.8 Å². The third-order valence-corrected chi connectivity index (χ3v) is 8.14. The summed E-state index contributed by atoms with van der Waals surface area (Å²) in [6, 6.07) is 19.5. The molecule has 0 fully saturated rings. The number of thioether (sulfide) groups is 2. The highest BCUT2D eigenvalue weighted by molar-refractivity contribution is 8.00. The van der Waals surface area contributed by atoms with Crippen LogP contribution in [0.5, 0.6) is 0 Å². The van der Waals surface area contributed by atoms with E-state index in [4.69, 9.17) is 0 Å². The minimum atomic E-state index is -0.482. The van der Waals surface area contributed by atoms with Gasteiger partial charge in [0.25, 0.3) is 11.4 Å². The van der Waals surface area contributed by atoms with E-state index in [0.29, 0.717) is 43.8 Å². The molecular formula is C28H20N8O6S2. The summed E-state index contributed by atoms with van der Waals surface area (Å²) < 4.78 is 0. The number of nitro benzene ring substituents is 2. The van der Waals surface area contributed by atoms with E-state index in [2.05, 4.69) is 30.6 Å². The van der Waals surface area contributed by atoms with Crippen molar-refractivity contribution in [2.24, 2.45) is 0 Å². The summed E-state index contributed by atoms with van der Waals surface area (Å²) in [6.07, 6.45) is 0. The standard InChI is InChI=1S/C28H20N8O6S2/c37-25(13-43-27-31-21-7-5-19(35(39)40)11-23(21)33-27)29-17-3-1-15-2-4-18(10-16(15)9-17)30-26(38)14-44-28-32-22-8-6-20(36(41)42)12-24(22)34-28/h1-12H,13-14H2,(H,29,37)(H,30,38)(H,31,33)(H,32,34). The fraction of sp³-hybridized carbons (Fsp3) is 0.0714. The molecule has 6 rings (SSSR count). The number of fused-ring (bicyclic) bond motifs is 3. The SMILES string of the molecule is O=C(CSc1nc2ccc([N+](=O)[O-])cc2[nH]1)Nc1ccc2ccc(NC(=O)CSc3nc4ccc([N+](=O)[O-])cc4[nH]3)cc2c1. The normalized spacial score (nSPS) is 11.2. The number of nitro groups is 2. The quantitative estimate of drug-likeness (QED) is 0.0807. The number of amides is 2. The predicted molar refractivity (Wildman–Crippen MR) is 168 cm³/mol. The zero-order chi connectivity index (χ0) is 30.8. The number of H-pyrrole nitrogens is 2. The van der Waals surface area contributed by atoms with Crippen LogP contribution in [-0.4, -0.2) is 53.1 Å². The van der Waals surface area contributed by atoms with E-state index in [0.717, 1.165) is 10.8 Å². The van der Waals surface area contributed by atoms with Gasteiger partial charge in [0, 0.05) is 35.6 Å². The Bertz CT molecular complexity index is 1970. The number of aromatic amines is 2. The van der Waals surface area contributed by atoms with Crippen LogP contribution < -0.4 is 10.6 Å². The topological polar surface area (TPSA) is 202 Å². The van der Waals surface area contributed by atoms with Crippen molar-refractivity contribution in [1.82, 2.24) is 19.9 Å². The molecule has 2 aromatic heterocycles. The van der Waals surface area contributed by atoms with Crippen LogP contribution in [0.15, 0.2) is 83.1 Å². The first-order chi connectivity index (χ1) is 21.2. The van der Waals surface area contributed by atoms with Crippen molar-refractivity contribution < 1.29 is 19.4 Å². The van der Waals surface area contributed by atoms with Crippen molar-refractivity contribution in [1.29, 1.82) is 0 Å². The molecule has 220 valence electrons. The first-order valence-electron chi connectivity index (χ1n) is 12.9. The van der Waals surface area contributed by atoms with Gasteiger partial charge < -0.3 is 20.6 Å². The second kappa shape index (κ2) is 12.0. The highest BCUT2D eigenvalue weighted by Gasteiger charge is 2.13. The second-order valence-corrected chi connectivity index (χ2v) is 11.4. The van der Waals surface area contributed by atoms with Gasteiger partial charge in [0.1, 0.15) is 0 Å². The summed E-state index contributed by atoms with van der Waals surface area (Å²) in [4.78, 5) is 61.0. The molecule has 14 nitrogen and oxygen atoms in total. The molecule has 0 aliphatic carbocycles. The number of benzene rings is 4. The van der Waals surface area contributed by atoms with Gasteiger partial charge in [-0.05, 0) is 47.2 Å². The number of aromatic nitrogens is 4. The summed E-state index contributed by atoms with van der Waals surface area (Å²) in [5.74, 6) is -0.393. The maximum atomic E-state index is 12.6. The predicted octanol–water partition coefficient (Wildman–Crippen LogP) is 5.87. The molecule has 0 atom stereocenters. The Morgan fingerprint density at radius 3 is 1.55 bits per heavy atom. The molecule has 2 amide bonds. The van der Waals surface area contributed by atoms with E-state index in [1.807, 2.05) is 12.1 Å². The summed E-state index contributed by atoms with van der Waals surface area (Å²) in [7, 11) is 0. The van der Waals surface area contributed by atoms with Crippen molar-refractivity contribution in [2.75, 3.05) is 22.1 Å². The average molecular weight is 629 g/mol. The fourth-order valence-electron chi connectivity index (χ4n) is 4.38. The van der Waals surface area contributed by atoms with Crippen molar-refractivity contribution in [2.45, 2.75) is 10.3 Å². The Hall–Kier alpha value is -5.48. The Kier molecular flexibility index (Phi) is 7.82. The van der Waals surface area contributed by atoms with Crippen LogP contribution in [0.4, 0.5) is 22.7 Å². The average Bonchev–Trinajstić information content (AvgIpc) is 3.61. The van der Waals surface area contributed by atoms with Crippen molar-refractivity contribution >= 4 is 90.9 Å². The summed E-state index contributed by atoms with van der Waals surface area (Å²) in [5.41, 5.74) is 3.22. The number of carbonyl (C=O) groups excluding carboxylic acids is 2. The molecule has 6 aromatic rings. The van der Waals surface area contributed by atoms with E-state index in [1.165, 1.54) is 47.8 Å². The van der Waals surface area contributed by atoms with E-state index >= 15 is 0 Å². The van der Waals surface area contributed by atoms with E-state index in [1.54, 1.807) is 36.4 Å². The number of nitrogens with zero attached hydrogens (tertiary/aromatic N) is 4. The van der Waals surface area contributed by atoms with E-state index in [-0.39, 0.29) is 34.7 Å². The number of hydrogen-bond donors (Lipinski definition) is 4. The molecule has 4 aromatic carbocycles. The van der Waals surface area contributed by atoms with Crippen molar-refractivity contribution in [3.8, 4) is 0 Å². The van der Waals surface area contributed by atoms with Gasteiger partial charge in [-0.15, -0.1) is 0 Å². The van der Waals surface area contributed by atoms with Crippen LogP contribution in [0.1, 0.15) is 0 Å².